The lowest BCUT2D eigenvalue weighted by Crippen LogP contribution is -2.64. The van der Waals surface area contributed by atoms with Crippen LogP contribution in [0.4, 0.5) is 22.8 Å². The Balaban J connectivity index is 1.46. The van der Waals surface area contributed by atoms with Crippen LogP contribution in [0.2, 0.25) is 0 Å². The van der Waals surface area contributed by atoms with Crippen molar-refractivity contribution in [3.05, 3.63) is 65.0 Å². The minimum absolute atomic E-state index is 0.00991. The summed E-state index contributed by atoms with van der Waals surface area (Å²) in [5, 5.41) is 29.0. The van der Waals surface area contributed by atoms with Crippen molar-refractivity contribution < 1.29 is 52.3 Å². The number of hydrogen-bond donors (Lipinski definition) is 3. The van der Waals surface area contributed by atoms with Crippen molar-refractivity contribution in [2.45, 2.75) is 25.4 Å². The molecule has 208 valence electrons. The molecule has 2 aromatic carbocycles. The maximum atomic E-state index is 13.8. The van der Waals surface area contributed by atoms with E-state index in [1.54, 1.807) is 31.2 Å². The van der Waals surface area contributed by atoms with Crippen LogP contribution in [-0.4, -0.2) is 81.7 Å². The number of carbonyl (C=O) groups is 3. The number of hydrogen-bond acceptors (Lipinski definition) is 5. The Bertz CT molecular complexity index is 1320. The second-order valence-corrected chi connectivity index (χ2v) is 9.37. The number of rotatable bonds is 8. The average Bonchev–Trinajstić information content (AvgIpc) is 2.88. The van der Waals surface area contributed by atoms with Gasteiger partial charge in [0.05, 0.1) is 30.9 Å². The fourth-order valence-corrected chi connectivity index (χ4v) is 4.80. The molecule has 0 aliphatic carbocycles. The summed E-state index contributed by atoms with van der Waals surface area (Å²) in [6.07, 6.45) is -2.57. The second-order valence-electron chi connectivity index (χ2n) is 9.37. The molecular formula is C26H25F3N2O8. The maximum absolute atomic E-state index is 13.8. The minimum atomic E-state index is -1.41. The first-order chi connectivity index (χ1) is 18.5. The number of carboxylic acids is 1. The van der Waals surface area contributed by atoms with E-state index < -0.39 is 53.4 Å². The van der Waals surface area contributed by atoms with Gasteiger partial charge in [0.15, 0.2) is 17.4 Å². The van der Waals surface area contributed by atoms with Crippen molar-refractivity contribution in [3.63, 3.8) is 0 Å². The van der Waals surface area contributed by atoms with Gasteiger partial charge in [-0.25, -0.2) is 23.2 Å². The van der Waals surface area contributed by atoms with Crippen molar-refractivity contribution in [1.29, 1.82) is 0 Å². The molecule has 3 N–H and O–H groups in total. The molecule has 0 saturated carbocycles. The lowest BCUT2D eigenvalue weighted by Gasteiger charge is -2.48. The topological polar surface area (TPSA) is 137 Å². The number of piperazine rings is 1. The molecule has 2 heterocycles. The number of fused-ring (bicyclic) bond motifs is 2. The predicted octanol–water partition coefficient (Wildman–Crippen LogP) is 4.15. The normalized spacial score (nSPS) is 19.5. The van der Waals surface area contributed by atoms with Gasteiger partial charge in [0.2, 0.25) is 5.82 Å². The van der Waals surface area contributed by atoms with Gasteiger partial charge in [0.25, 0.3) is 0 Å². The summed E-state index contributed by atoms with van der Waals surface area (Å²) in [5.74, 6) is -5.75. The summed E-state index contributed by atoms with van der Waals surface area (Å²) < 4.78 is 51.6. The zero-order valence-corrected chi connectivity index (χ0v) is 20.6. The minimum Gasteiger partial charge on any atom is -0.493 e. The van der Waals surface area contributed by atoms with E-state index in [0.717, 1.165) is 15.9 Å². The van der Waals surface area contributed by atoms with Crippen molar-refractivity contribution in [2.24, 2.45) is 5.92 Å². The van der Waals surface area contributed by atoms with Crippen molar-refractivity contribution in [1.82, 2.24) is 9.80 Å². The summed E-state index contributed by atoms with van der Waals surface area (Å²) in [5.41, 5.74) is 0.750. The molecule has 2 aromatic rings. The van der Waals surface area contributed by atoms with Gasteiger partial charge in [-0.2, -0.15) is 4.39 Å². The van der Waals surface area contributed by atoms with Crippen LogP contribution in [0, 0.1) is 23.4 Å². The van der Waals surface area contributed by atoms with Gasteiger partial charge in [-0.1, -0.05) is 19.1 Å². The van der Waals surface area contributed by atoms with E-state index in [4.69, 9.17) is 9.47 Å². The Morgan fingerprint density at radius 1 is 0.923 bits per heavy atom. The zero-order valence-electron chi connectivity index (χ0n) is 20.6. The Morgan fingerprint density at radius 2 is 1.56 bits per heavy atom. The van der Waals surface area contributed by atoms with Gasteiger partial charge in [0, 0.05) is 19.0 Å². The molecule has 13 heteroatoms. The summed E-state index contributed by atoms with van der Waals surface area (Å²) in [6.45, 7) is 1.25. The van der Waals surface area contributed by atoms with Gasteiger partial charge in [-0.15, -0.1) is 0 Å². The van der Waals surface area contributed by atoms with E-state index in [1.165, 1.54) is 0 Å². The van der Waals surface area contributed by atoms with Crippen LogP contribution in [0.1, 0.15) is 18.9 Å². The van der Waals surface area contributed by atoms with E-state index in [9.17, 15) is 42.9 Å². The highest BCUT2D eigenvalue weighted by Gasteiger charge is 2.47. The van der Waals surface area contributed by atoms with Crippen molar-refractivity contribution >= 4 is 23.7 Å². The van der Waals surface area contributed by atoms with E-state index in [2.05, 4.69) is 0 Å². The molecule has 2 aliphatic rings. The number of amides is 2. The first-order valence-corrected chi connectivity index (χ1v) is 11.9. The van der Waals surface area contributed by atoms with Crippen LogP contribution < -0.4 is 9.47 Å². The van der Waals surface area contributed by atoms with Gasteiger partial charge in [-0.05, 0) is 41.8 Å². The fourth-order valence-electron chi connectivity index (χ4n) is 4.80. The van der Waals surface area contributed by atoms with E-state index in [0.29, 0.717) is 23.0 Å². The summed E-state index contributed by atoms with van der Waals surface area (Å²) >= 11 is 0. The van der Waals surface area contributed by atoms with Crippen LogP contribution in [0.3, 0.4) is 0 Å². The first-order valence-electron chi connectivity index (χ1n) is 11.9. The molecule has 2 aliphatic heterocycles. The molecular weight excluding hydrogens is 525 g/mol. The standard InChI is InChI=1S/C26H25F3N2O8/c1-13(12-39-23-19(28)7-6-18(27)22(23)29)11-38-16-4-2-14(3-5-16)17-8-15-9-30(25(34)35)10-20(21(17)24(32)33)31(15)26(36)37/h2-7,13,15,20H,8-12H2,1H3,(H,32,33)(H,34,35)(H,36,37)/t13-,15-,20-/m0/s1. The van der Waals surface area contributed by atoms with Crippen LogP contribution in [-0.2, 0) is 4.79 Å². The molecule has 10 nitrogen and oxygen atoms in total. The van der Waals surface area contributed by atoms with Crippen molar-refractivity contribution in [2.75, 3.05) is 26.3 Å². The molecule has 1 fully saturated rings. The molecule has 4 rings (SSSR count). The smallest absolute Gasteiger partial charge is 0.408 e. The molecule has 0 spiro atoms. The lowest BCUT2D eigenvalue weighted by molar-refractivity contribution is -0.133. The maximum Gasteiger partial charge on any atom is 0.408 e. The molecule has 2 amide bonds. The molecule has 3 atom stereocenters. The van der Waals surface area contributed by atoms with Crippen LogP contribution in [0.15, 0.2) is 42.0 Å². The third-order valence-electron chi connectivity index (χ3n) is 6.62. The third-order valence-corrected chi connectivity index (χ3v) is 6.62. The lowest BCUT2D eigenvalue weighted by atomic mass is 9.82. The highest BCUT2D eigenvalue weighted by molar-refractivity contribution is 5.99. The highest BCUT2D eigenvalue weighted by Crippen LogP contribution is 2.39. The second kappa shape index (κ2) is 11.1. The summed E-state index contributed by atoms with van der Waals surface area (Å²) in [4.78, 5) is 37.6. The van der Waals surface area contributed by atoms with E-state index >= 15 is 0 Å². The average molecular weight is 550 g/mol. The van der Waals surface area contributed by atoms with Crippen LogP contribution >= 0.6 is 0 Å². The van der Waals surface area contributed by atoms with Gasteiger partial charge < -0.3 is 29.7 Å². The number of carboxylic acid groups (broad SMARTS) is 3. The van der Waals surface area contributed by atoms with Crippen LogP contribution in [0.5, 0.6) is 11.5 Å². The van der Waals surface area contributed by atoms with Gasteiger partial charge in [-0.3, -0.25) is 4.90 Å². The predicted molar refractivity (Wildman–Crippen MR) is 129 cm³/mol. The van der Waals surface area contributed by atoms with Crippen LogP contribution in [0.25, 0.3) is 5.57 Å². The number of benzene rings is 2. The number of nitrogens with zero attached hydrogens (tertiary/aromatic N) is 2. The molecule has 0 unspecified atom stereocenters. The Kier molecular flexibility index (Phi) is 7.88. The highest BCUT2D eigenvalue weighted by atomic mass is 19.2. The Labute approximate surface area is 220 Å². The fraction of sp³-hybridized carbons (Fsp3) is 0.346. The summed E-state index contributed by atoms with van der Waals surface area (Å²) in [7, 11) is 0. The number of aliphatic carboxylic acids is 1. The van der Waals surface area contributed by atoms with Gasteiger partial charge in [0.1, 0.15) is 5.75 Å². The monoisotopic (exact) mass is 550 g/mol. The first kappa shape index (κ1) is 27.6. The van der Waals surface area contributed by atoms with Gasteiger partial charge >= 0.3 is 18.2 Å². The largest absolute Gasteiger partial charge is 0.493 e. The third kappa shape index (κ3) is 5.71. The quantitative estimate of drug-likeness (QED) is 0.417. The number of ether oxygens (including phenoxy) is 2. The number of halogens is 3. The molecule has 1 saturated heterocycles. The Morgan fingerprint density at radius 3 is 2.18 bits per heavy atom. The molecule has 2 bridgehead atoms. The molecule has 0 aromatic heterocycles. The van der Waals surface area contributed by atoms with E-state index in [1.807, 2.05) is 0 Å². The molecule has 0 radical (unpaired) electrons. The van der Waals surface area contributed by atoms with Crippen molar-refractivity contribution in [3.8, 4) is 11.5 Å². The van der Waals surface area contributed by atoms with E-state index in [-0.39, 0.29) is 44.2 Å². The molecule has 39 heavy (non-hydrogen) atoms. The zero-order chi connectivity index (χ0) is 28.4. The SMILES string of the molecule is C[C@@H](COc1ccc(C2=C(C(=O)O)[C@@H]3CN(C(=O)O)C[C@H](C2)N3C(=O)O)cc1)COc1c(F)ccc(F)c1F. The summed E-state index contributed by atoms with van der Waals surface area (Å²) in [6, 6.07) is 5.93. The Hall–Kier alpha value is -4.42.